The highest BCUT2D eigenvalue weighted by atomic mass is 16.1. The van der Waals surface area contributed by atoms with Gasteiger partial charge in [0, 0.05) is 25.4 Å². The van der Waals surface area contributed by atoms with Crippen molar-refractivity contribution in [2.24, 2.45) is 0 Å². The Labute approximate surface area is 72.4 Å². The van der Waals surface area contributed by atoms with Crippen molar-refractivity contribution < 1.29 is 4.79 Å². The average Bonchev–Trinajstić information content (AvgIpc) is 2.57. The number of nitrogens with zero attached hydrogens (tertiary/aromatic N) is 2. The summed E-state index contributed by atoms with van der Waals surface area (Å²) in [7, 11) is 0. The molecule has 0 aliphatic rings. The average molecular weight is 166 g/mol. The molecule has 0 spiro atoms. The molecule has 1 rings (SSSR count). The van der Waals surface area contributed by atoms with Crippen LogP contribution >= 0.6 is 0 Å². The van der Waals surface area contributed by atoms with Crippen molar-refractivity contribution in [3.8, 4) is 0 Å². The van der Waals surface area contributed by atoms with Crippen LogP contribution in [0.4, 0.5) is 0 Å². The van der Waals surface area contributed by atoms with Gasteiger partial charge in [0.15, 0.2) is 0 Å². The molecule has 0 amide bonds. The van der Waals surface area contributed by atoms with Gasteiger partial charge in [-0.1, -0.05) is 6.42 Å². The summed E-state index contributed by atoms with van der Waals surface area (Å²) in [4.78, 5) is 13.9. The summed E-state index contributed by atoms with van der Waals surface area (Å²) in [6, 6.07) is 0. The number of imidazole rings is 1. The van der Waals surface area contributed by atoms with Gasteiger partial charge in [0.1, 0.15) is 6.29 Å². The van der Waals surface area contributed by atoms with E-state index in [0.29, 0.717) is 6.42 Å². The van der Waals surface area contributed by atoms with Gasteiger partial charge in [-0.2, -0.15) is 0 Å². The fraction of sp³-hybridized carbons (Fsp3) is 0.556. The van der Waals surface area contributed by atoms with Gasteiger partial charge >= 0.3 is 0 Å². The molecule has 0 saturated heterocycles. The smallest absolute Gasteiger partial charge is 0.119 e. The number of aromatic nitrogens is 2. The quantitative estimate of drug-likeness (QED) is 0.475. The number of aryl methyl sites for hydroxylation is 1. The van der Waals surface area contributed by atoms with E-state index in [0.717, 1.165) is 32.1 Å². The molecule has 0 saturated carbocycles. The minimum atomic E-state index is 0.698. The molecular weight excluding hydrogens is 152 g/mol. The Bertz CT molecular complexity index is 206. The third kappa shape index (κ3) is 3.32. The fourth-order valence-corrected chi connectivity index (χ4v) is 1.12. The lowest BCUT2D eigenvalue weighted by atomic mass is 10.2. The van der Waals surface area contributed by atoms with Gasteiger partial charge < -0.3 is 9.36 Å². The van der Waals surface area contributed by atoms with Crippen LogP contribution in [0.5, 0.6) is 0 Å². The largest absolute Gasteiger partial charge is 0.337 e. The molecule has 3 nitrogen and oxygen atoms in total. The van der Waals surface area contributed by atoms with E-state index in [1.807, 2.05) is 12.5 Å². The Kier molecular flexibility index (Phi) is 4.13. The number of hydrogen-bond acceptors (Lipinski definition) is 2. The first kappa shape index (κ1) is 8.97. The summed E-state index contributed by atoms with van der Waals surface area (Å²) in [6.45, 7) is 1.01. The predicted octanol–water partition coefficient (Wildman–Crippen LogP) is 1.64. The van der Waals surface area contributed by atoms with Crippen LogP contribution in [0.15, 0.2) is 18.7 Å². The molecular formula is C9H14N2O. The minimum Gasteiger partial charge on any atom is -0.337 e. The third-order valence-electron chi connectivity index (χ3n) is 1.80. The lowest BCUT2D eigenvalue weighted by Gasteiger charge is -1.99. The van der Waals surface area contributed by atoms with Crippen LogP contribution in [0, 0.1) is 0 Å². The summed E-state index contributed by atoms with van der Waals surface area (Å²) in [5.74, 6) is 0. The van der Waals surface area contributed by atoms with Crippen molar-refractivity contribution in [1.29, 1.82) is 0 Å². The molecule has 0 aliphatic carbocycles. The molecule has 0 aliphatic heterocycles. The zero-order valence-corrected chi connectivity index (χ0v) is 7.15. The fourth-order valence-electron chi connectivity index (χ4n) is 1.12. The molecule has 0 unspecified atom stereocenters. The predicted molar refractivity (Wildman–Crippen MR) is 46.8 cm³/mol. The van der Waals surface area contributed by atoms with Crippen LogP contribution in [0.25, 0.3) is 0 Å². The van der Waals surface area contributed by atoms with Crippen molar-refractivity contribution in [2.75, 3.05) is 0 Å². The number of rotatable bonds is 6. The minimum absolute atomic E-state index is 0.698. The van der Waals surface area contributed by atoms with Crippen LogP contribution in [0.2, 0.25) is 0 Å². The summed E-state index contributed by atoms with van der Waals surface area (Å²) in [6.07, 6.45) is 10.5. The van der Waals surface area contributed by atoms with E-state index in [2.05, 4.69) is 9.55 Å². The zero-order chi connectivity index (χ0) is 8.65. The maximum Gasteiger partial charge on any atom is 0.119 e. The number of unbranched alkanes of at least 4 members (excludes halogenated alkanes) is 3. The SMILES string of the molecule is O=CCCCCCn1ccnc1. The van der Waals surface area contributed by atoms with Crippen LogP contribution in [0.3, 0.4) is 0 Å². The second-order valence-electron chi connectivity index (χ2n) is 2.82. The Morgan fingerprint density at radius 3 is 2.92 bits per heavy atom. The molecule has 1 aromatic rings. The van der Waals surface area contributed by atoms with Crippen LogP contribution in [0.1, 0.15) is 25.7 Å². The number of carbonyl (C=O) groups is 1. The zero-order valence-electron chi connectivity index (χ0n) is 7.15. The summed E-state index contributed by atoms with van der Waals surface area (Å²) < 4.78 is 2.06. The van der Waals surface area contributed by atoms with Gasteiger partial charge in [-0.25, -0.2) is 4.98 Å². The van der Waals surface area contributed by atoms with Crippen molar-refractivity contribution >= 4 is 6.29 Å². The van der Waals surface area contributed by atoms with Crippen LogP contribution < -0.4 is 0 Å². The molecule has 0 aromatic carbocycles. The Morgan fingerprint density at radius 1 is 1.33 bits per heavy atom. The van der Waals surface area contributed by atoms with E-state index in [1.165, 1.54) is 0 Å². The molecule has 0 bridgehead atoms. The van der Waals surface area contributed by atoms with E-state index in [9.17, 15) is 4.79 Å². The second kappa shape index (κ2) is 5.52. The van der Waals surface area contributed by atoms with E-state index in [-0.39, 0.29) is 0 Å². The Morgan fingerprint density at radius 2 is 2.25 bits per heavy atom. The monoisotopic (exact) mass is 166 g/mol. The molecule has 66 valence electrons. The third-order valence-corrected chi connectivity index (χ3v) is 1.80. The normalized spacial score (nSPS) is 10.0. The number of hydrogen-bond donors (Lipinski definition) is 0. The Balaban J connectivity index is 2.00. The molecule has 1 aromatic heterocycles. The van der Waals surface area contributed by atoms with Crippen molar-refractivity contribution in [2.45, 2.75) is 32.2 Å². The number of aldehydes is 1. The summed E-state index contributed by atoms with van der Waals surface area (Å²) in [5.41, 5.74) is 0. The molecule has 0 N–H and O–H groups in total. The lowest BCUT2D eigenvalue weighted by Crippen LogP contribution is -1.93. The number of carbonyl (C=O) groups excluding carboxylic acids is 1. The Hall–Kier alpha value is -1.12. The van der Waals surface area contributed by atoms with Crippen LogP contribution in [-0.4, -0.2) is 15.8 Å². The molecule has 12 heavy (non-hydrogen) atoms. The van der Waals surface area contributed by atoms with Gasteiger partial charge in [0.25, 0.3) is 0 Å². The first-order valence-corrected chi connectivity index (χ1v) is 4.33. The first-order valence-electron chi connectivity index (χ1n) is 4.33. The molecule has 3 heteroatoms. The van der Waals surface area contributed by atoms with Gasteiger partial charge in [-0.3, -0.25) is 0 Å². The molecule has 1 heterocycles. The van der Waals surface area contributed by atoms with Gasteiger partial charge in [0.05, 0.1) is 6.33 Å². The van der Waals surface area contributed by atoms with E-state index < -0.39 is 0 Å². The summed E-state index contributed by atoms with van der Waals surface area (Å²) in [5, 5.41) is 0. The van der Waals surface area contributed by atoms with Crippen molar-refractivity contribution in [3.05, 3.63) is 18.7 Å². The topological polar surface area (TPSA) is 34.9 Å². The highest BCUT2D eigenvalue weighted by Gasteiger charge is 1.90. The van der Waals surface area contributed by atoms with Crippen molar-refractivity contribution in [1.82, 2.24) is 9.55 Å². The van der Waals surface area contributed by atoms with E-state index in [1.54, 1.807) is 6.20 Å². The highest BCUT2D eigenvalue weighted by molar-refractivity contribution is 5.48. The molecule has 0 atom stereocenters. The summed E-state index contributed by atoms with van der Waals surface area (Å²) >= 11 is 0. The lowest BCUT2D eigenvalue weighted by molar-refractivity contribution is -0.107. The maximum atomic E-state index is 9.98. The maximum absolute atomic E-state index is 9.98. The van der Waals surface area contributed by atoms with E-state index >= 15 is 0 Å². The van der Waals surface area contributed by atoms with Crippen LogP contribution in [-0.2, 0) is 11.3 Å². The standard InChI is InChI=1S/C9H14N2O/c12-8-4-2-1-3-6-11-7-5-10-9-11/h5,7-9H,1-4,6H2. The molecule has 0 fully saturated rings. The first-order chi connectivity index (χ1) is 5.93. The van der Waals surface area contributed by atoms with Crippen molar-refractivity contribution in [3.63, 3.8) is 0 Å². The molecule has 0 radical (unpaired) electrons. The van der Waals surface area contributed by atoms with Gasteiger partial charge in [-0.05, 0) is 12.8 Å². The van der Waals surface area contributed by atoms with Gasteiger partial charge in [-0.15, -0.1) is 0 Å². The van der Waals surface area contributed by atoms with E-state index in [4.69, 9.17) is 0 Å². The highest BCUT2D eigenvalue weighted by Crippen LogP contribution is 2.00. The van der Waals surface area contributed by atoms with Gasteiger partial charge in [0.2, 0.25) is 0 Å². The second-order valence-corrected chi connectivity index (χ2v) is 2.82.